The molecule has 0 atom stereocenters. The zero-order valence-electron chi connectivity index (χ0n) is 3.61. The van der Waals surface area contributed by atoms with Crippen molar-refractivity contribution >= 4 is 11.9 Å². The summed E-state index contributed by atoms with van der Waals surface area (Å²) in [7, 11) is 0. The summed E-state index contributed by atoms with van der Waals surface area (Å²) in [6, 6.07) is 0. The second-order valence-electron chi connectivity index (χ2n) is 0.610. The van der Waals surface area contributed by atoms with E-state index in [0.29, 0.717) is 0 Å². The molecular formula is C2H2Nb2O4. The first-order chi connectivity index (χ1) is 2.64. The van der Waals surface area contributed by atoms with Gasteiger partial charge in [-0.2, -0.15) is 0 Å². The van der Waals surface area contributed by atoms with Crippen molar-refractivity contribution in [2.75, 3.05) is 0 Å². The first-order valence-corrected chi connectivity index (χ1v) is 1.11. The fraction of sp³-hybridized carbons (Fsp3) is 0. The van der Waals surface area contributed by atoms with Gasteiger partial charge in [0.05, 0.1) is 0 Å². The quantitative estimate of drug-likeness (QED) is 0.446. The van der Waals surface area contributed by atoms with E-state index in [4.69, 9.17) is 19.8 Å². The molecule has 0 saturated heterocycles. The Morgan fingerprint density at radius 3 is 1.00 bits per heavy atom. The molecular weight excluding hydrogens is 274 g/mol. The number of carboxylic acid groups (broad SMARTS) is 2. The van der Waals surface area contributed by atoms with Crippen molar-refractivity contribution in [1.29, 1.82) is 0 Å². The minimum absolute atomic E-state index is 0. The minimum atomic E-state index is -1.82. The van der Waals surface area contributed by atoms with Crippen LogP contribution in [0.25, 0.3) is 0 Å². The van der Waals surface area contributed by atoms with E-state index in [1.807, 2.05) is 0 Å². The molecule has 0 aliphatic heterocycles. The van der Waals surface area contributed by atoms with Gasteiger partial charge in [-0.25, -0.2) is 9.59 Å². The Balaban J connectivity index is -0.000000125. The molecule has 0 spiro atoms. The summed E-state index contributed by atoms with van der Waals surface area (Å²) < 4.78 is 0. The SMILES string of the molecule is O=C(O)C(=O)O.[Nb].[Nb]. The molecule has 0 fully saturated rings. The van der Waals surface area contributed by atoms with E-state index in [1.165, 1.54) is 0 Å². The molecule has 0 bridgehead atoms. The Bertz CT molecular complexity index is 78.0. The number of aliphatic carboxylic acids is 2. The average Bonchev–Trinajstić information content (AvgIpc) is 1.36. The third-order valence-corrected chi connectivity index (χ3v) is 0.183. The van der Waals surface area contributed by atoms with Crippen molar-refractivity contribution in [1.82, 2.24) is 0 Å². The molecule has 0 aliphatic rings. The van der Waals surface area contributed by atoms with E-state index >= 15 is 0 Å². The predicted octanol–water partition coefficient (Wildman–Crippen LogP) is -0.849. The van der Waals surface area contributed by atoms with E-state index in [2.05, 4.69) is 0 Å². The van der Waals surface area contributed by atoms with Gasteiger partial charge in [-0.3, -0.25) is 0 Å². The van der Waals surface area contributed by atoms with Crippen LogP contribution >= 0.6 is 0 Å². The van der Waals surface area contributed by atoms with Crippen LogP contribution < -0.4 is 0 Å². The molecule has 8 heavy (non-hydrogen) atoms. The zero-order valence-corrected chi connectivity index (χ0v) is 8.00. The average molecular weight is 276 g/mol. The summed E-state index contributed by atoms with van der Waals surface area (Å²) in [5.74, 6) is -3.65. The van der Waals surface area contributed by atoms with Gasteiger partial charge < -0.3 is 10.2 Å². The molecule has 0 aromatic heterocycles. The second kappa shape index (κ2) is 7.42. The van der Waals surface area contributed by atoms with Crippen LogP contribution in [0.4, 0.5) is 0 Å². The summed E-state index contributed by atoms with van der Waals surface area (Å²) >= 11 is 0. The number of hydrogen-bond acceptors (Lipinski definition) is 2. The van der Waals surface area contributed by atoms with Gasteiger partial charge in [0.1, 0.15) is 0 Å². The maximum atomic E-state index is 9.10. The van der Waals surface area contributed by atoms with Crippen LogP contribution in [-0.4, -0.2) is 22.2 Å². The summed E-state index contributed by atoms with van der Waals surface area (Å²) in [6.07, 6.45) is 0. The van der Waals surface area contributed by atoms with Crippen molar-refractivity contribution in [2.24, 2.45) is 0 Å². The molecule has 4 nitrogen and oxygen atoms in total. The van der Waals surface area contributed by atoms with Gasteiger partial charge in [-0.15, -0.1) is 0 Å². The molecule has 0 amide bonds. The topological polar surface area (TPSA) is 74.6 Å². The van der Waals surface area contributed by atoms with E-state index in [-0.39, 0.29) is 44.8 Å². The molecule has 0 aromatic rings. The standard InChI is InChI=1S/C2H2O4.2Nb/c3-1(4)2(5)6;;/h(H,3,4)(H,5,6);;. The van der Waals surface area contributed by atoms with E-state index in [9.17, 15) is 0 Å². The van der Waals surface area contributed by atoms with Crippen molar-refractivity contribution in [2.45, 2.75) is 0 Å². The van der Waals surface area contributed by atoms with Crippen LogP contribution in [0.1, 0.15) is 0 Å². The third-order valence-electron chi connectivity index (χ3n) is 0.183. The summed E-state index contributed by atoms with van der Waals surface area (Å²) in [5.41, 5.74) is 0. The molecule has 2 radical (unpaired) electrons. The monoisotopic (exact) mass is 276 g/mol. The molecule has 2 N–H and O–H groups in total. The van der Waals surface area contributed by atoms with Gasteiger partial charge in [-0.1, -0.05) is 0 Å². The Hall–Kier alpha value is 0.421. The van der Waals surface area contributed by atoms with Crippen molar-refractivity contribution in [3.8, 4) is 0 Å². The first kappa shape index (κ1) is 15.8. The number of hydrogen-bond donors (Lipinski definition) is 2. The van der Waals surface area contributed by atoms with Gasteiger partial charge in [0.2, 0.25) is 0 Å². The van der Waals surface area contributed by atoms with Crippen LogP contribution in [0.15, 0.2) is 0 Å². The van der Waals surface area contributed by atoms with Crippen LogP contribution in [0, 0.1) is 0 Å². The van der Waals surface area contributed by atoms with E-state index in [1.54, 1.807) is 0 Å². The van der Waals surface area contributed by atoms with Crippen molar-refractivity contribution in [3.63, 3.8) is 0 Å². The maximum Gasteiger partial charge on any atom is 0.414 e. The van der Waals surface area contributed by atoms with Crippen molar-refractivity contribution in [3.05, 3.63) is 0 Å². The van der Waals surface area contributed by atoms with Crippen LogP contribution in [-0.2, 0) is 54.3 Å². The van der Waals surface area contributed by atoms with E-state index in [0.717, 1.165) is 0 Å². The largest absolute Gasteiger partial charge is 0.473 e. The number of carbonyl (C=O) groups is 2. The fourth-order valence-electron chi connectivity index (χ4n) is 0. The van der Waals surface area contributed by atoms with Gasteiger partial charge in [0.25, 0.3) is 0 Å². The molecule has 0 aromatic carbocycles. The number of carboxylic acids is 2. The summed E-state index contributed by atoms with van der Waals surface area (Å²) in [6.45, 7) is 0. The van der Waals surface area contributed by atoms with Gasteiger partial charge in [0, 0.05) is 44.8 Å². The molecule has 6 heteroatoms. The molecule has 0 unspecified atom stereocenters. The van der Waals surface area contributed by atoms with Crippen LogP contribution in [0.3, 0.4) is 0 Å². The smallest absolute Gasteiger partial charge is 0.414 e. The molecule has 0 heterocycles. The first-order valence-electron chi connectivity index (χ1n) is 1.11. The Kier molecular flexibility index (Phi) is 14.6. The number of rotatable bonds is 0. The van der Waals surface area contributed by atoms with Gasteiger partial charge in [-0.05, 0) is 0 Å². The van der Waals surface area contributed by atoms with Gasteiger partial charge >= 0.3 is 11.9 Å². The zero-order chi connectivity index (χ0) is 5.15. The Morgan fingerprint density at radius 1 is 0.875 bits per heavy atom. The maximum absolute atomic E-state index is 9.10. The molecule has 0 aliphatic carbocycles. The Morgan fingerprint density at radius 2 is 1.00 bits per heavy atom. The normalized spacial score (nSPS) is 5.50. The van der Waals surface area contributed by atoms with E-state index < -0.39 is 11.9 Å². The minimum Gasteiger partial charge on any atom is -0.473 e. The van der Waals surface area contributed by atoms with Crippen LogP contribution in [0.5, 0.6) is 0 Å². The predicted molar refractivity (Wildman–Crippen MR) is 15.3 cm³/mol. The molecule has 0 saturated carbocycles. The molecule has 0 rings (SSSR count). The second-order valence-corrected chi connectivity index (χ2v) is 0.610. The third kappa shape index (κ3) is 9.65. The summed E-state index contributed by atoms with van der Waals surface area (Å²) in [4.78, 5) is 18.2. The van der Waals surface area contributed by atoms with Crippen LogP contribution in [0.2, 0.25) is 0 Å². The van der Waals surface area contributed by atoms with Crippen molar-refractivity contribution < 1.29 is 64.6 Å². The summed E-state index contributed by atoms with van der Waals surface area (Å²) in [5, 5.41) is 14.8. The molecule has 44 valence electrons. The van der Waals surface area contributed by atoms with Gasteiger partial charge in [0.15, 0.2) is 0 Å². The Labute approximate surface area is 76.3 Å². The fourth-order valence-corrected chi connectivity index (χ4v) is 0.